The molecule has 0 spiro atoms. The lowest BCUT2D eigenvalue weighted by molar-refractivity contribution is -0.384. The zero-order valence-electron chi connectivity index (χ0n) is 9.31. The molecule has 1 aromatic rings. The van der Waals surface area contributed by atoms with E-state index in [4.69, 9.17) is 4.74 Å². The number of nitro benzene ring substituents is 1. The molecule has 0 aliphatic carbocycles. The summed E-state index contributed by atoms with van der Waals surface area (Å²) < 4.78 is 5.17. The van der Waals surface area contributed by atoms with E-state index in [1.807, 2.05) is 6.92 Å². The number of hydrogen-bond donors (Lipinski definition) is 1. The van der Waals surface area contributed by atoms with Crippen LogP contribution in [0.25, 0.3) is 0 Å². The fourth-order valence-corrected chi connectivity index (χ4v) is 1.26. The minimum Gasteiger partial charge on any atom is -0.380 e. The number of nitrogens with zero attached hydrogens (tertiary/aromatic N) is 1. The molecule has 0 bridgehead atoms. The molecule has 1 aromatic carbocycles. The molecule has 0 unspecified atom stereocenters. The Balaban J connectivity index is 2.29. The molecule has 0 radical (unpaired) electrons. The molecule has 0 saturated carbocycles. The monoisotopic (exact) mass is 224 g/mol. The molecule has 0 fully saturated rings. The third-order valence-corrected chi connectivity index (χ3v) is 2.10. The molecule has 1 N–H and O–H groups in total. The summed E-state index contributed by atoms with van der Waals surface area (Å²) >= 11 is 0. The standard InChI is InChI=1S/C11H16N2O3/c1-2-16-8-7-12-9-10-3-5-11(6-4-10)13(14)15/h3-6,12H,2,7-9H2,1H3. The van der Waals surface area contributed by atoms with Gasteiger partial charge in [-0.3, -0.25) is 10.1 Å². The van der Waals surface area contributed by atoms with Crippen molar-refractivity contribution in [2.24, 2.45) is 0 Å². The maximum Gasteiger partial charge on any atom is 0.269 e. The van der Waals surface area contributed by atoms with Crippen molar-refractivity contribution < 1.29 is 9.66 Å². The molecule has 0 aliphatic heterocycles. The molecule has 0 amide bonds. The Morgan fingerprint density at radius 3 is 2.62 bits per heavy atom. The highest BCUT2D eigenvalue weighted by Crippen LogP contribution is 2.11. The molecule has 0 heterocycles. The summed E-state index contributed by atoms with van der Waals surface area (Å²) in [5.41, 5.74) is 1.15. The second kappa shape index (κ2) is 6.92. The van der Waals surface area contributed by atoms with Gasteiger partial charge < -0.3 is 10.1 Å². The molecule has 88 valence electrons. The van der Waals surface area contributed by atoms with Crippen molar-refractivity contribution in [1.29, 1.82) is 0 Å². The second-order valence-electron chi connectivity index (χ2n) is 3.30. The van der Waals surface area contributed by atoms with Crippen molar-refractivity contribution in [1.82, 2.24) is 5.32 Å². The molecule has 5 nitrogen and oxygen atoms in total. The number of nitrogens with one attached hydrogen (secondary N) is 1. The van der Waals surface area contributed by atoms with Gasteiger partial charge in [-0.1, -0.05) is 12.1 Å². The smallest absolute Gasteiger partial charge is 0.269 e. The highest BCUT2D eigenvalue weighted by Gasteiger charge is 2.03. The molecule has 5 heteroatoms. The first-order chi connectivity index (χ1) is 7.74. The van der Waals surface area contributed by atoms with Crippen LogP contribution in [-0.2, 0) is 11.3 Å². The van der Waals surface area contributed by atoms with Gasteiger partial charge in [-0.15, -0.1) is 0 Å². The Bertz CT molecular complexity index is 325. The summed E-state index contributed by atoms with van der Waals surface area (Å²) in [6, 6.07) is 6.54. The van der Waals surface area contributed by atoms with Crippen LogP contribution in [0, 0.1) is 10.1 Å². The predicted molar refractivity (Wildman–Crippen MR) is 61.3 cm³/mol. The van der Waals surface area contributed by atoms with E-state index in [2.05, 4.69) is 5.32 Å². The molecule has 0 atom stereocenters. The molecular weight excluding hydrogens is 208 g/mol. The number of nitro groups is 1. The third-order valence-electron chi connectivity index (χ3n) is 2.10. The number of benzene rings is 1. The minimum atomic E-state index is -0.397. The largest absolute Gasteiger partial charge is 0.380 e. The van der Waals surface area contributed by atoms with Crippen molar-refractivity contribution in [3.05, 3.63) is 39.9 Å². The first-order valence-electron chi connectivity index (χ1n) is 5.26. The van der Waals surface area contributed by atoms with Crippen LogP contribution in [0.1, 0.15) is 12.5 Å². The van der Waals surface area contributed by atoms with E-state index in [1.165, 1.54) is 12.1 Å². The van der Waals surface area contributed by atoms with Gasteiger partial charge in [-0.05, 0) is 12.5 Å². The van der Waals surface area contributed by atoms with E-state index in [-0.39, 0.29) is 5.69 Å². The van der Waals surface area contributed by atoms with E-state index in [0.717, 1.165) is 18.7 Å². The van der Waals surface area contributed by atoms with Gasteiger partial charge in [0.2, 0.25) is 0 Å². The van der Waals surface area contributed by atoms with Gasteiger partial charge in [-0.2, -0.15) is 0 Å². The summed E-state index contributed by atoms with van der Waals surface area (Å²) in [7, 11) is 0. The summed E-state index contributed by atoms with van der Waals surface area (Å²) in [5, 5.41) is 13.6. The fraction of sp³-hybridized carbons (Fsp3) is 0.455. The Morgan fingerprint density at radius 2 is 2.06 bits per heavy atom. The SMILES string of the molecule is CCOCCNCc1ccc([N+](=O)[O-])cc1. The zero-order chi connectivity index (χ0) is 11.8. The summed E-state index contributed by atoms with van der Waals surface area (Å²) in [6.07, 6.45) is 0. The summed E-state index contributed by atoms with van der Waals surface area (Å²) in [4.78, 5) is 10.0. The zero-order valence-corrected chi connectivity index (χ0v) is 9.31. The van der Waals surface area contributed by atoms with Crippen LogP contribution in [0.4, 0.5) is 5.69 Å². The minimum absolute atomic E-state index is 0.123. The van der Waals surface area contributed by atoms with E-state index in [1.54, 1.807) is 12.1 Å². The summed E-state index contributed by atoms with van der Waals surface area (Å²) in [6.45, 7) is 4.84. The van der Waals surface area contributed by atoms with Crippen molar-refractivity contribution in [2.75, 3.05) is 19.8 Å². The fourth-order valence-electron chi connectivity index (χ4n) is 1.26. The maximum atomic E-state index is 10.4. The van der Waals surface area contributed by atoms with Crippen LogP contribution in [0.15, 0.2) is 24.3 Å². The average molecular weight is 224 g/mol. The molecule has 0 saturated heterocycles. The highest BCUT2D eigenvalue weighted by atomic mass is 16.6. The van der Waals surface area contributed by atoms with Crippen molar-refractivity contribution in [2.45, 2.75) is 13.5 Å². The number of non-ortho nitro benzene ring substituents is 1. The van der Waals surface area contributed by atoms with Gasteiger partial charge in [0.25, 0.3) is 5.69 Å². The normalized spacial score (nSPS) is 10.3. The first kappa shape index (κ1) is 12.6. The topological polar surface area (TPSA) is 64.4 Å². The third kappa shape index (κ3) is 4.37. The number of rotatable bonds is 7. The molecule has 1 rings (SSSR count). The molecule has 0 aliphatic rings. The van der Waals surface area contributed by atoms with E-state index in [0.29, 0.717) is 13.2 Å². The Kier molecular flexibility index (Phi) is 5.45. The summed E-state index contributed by atoms with van der Waals surface area (Å²) in [5.74, 6) is 0. The van der Waals surface area contributed by atoms with E-state index < -0.39 is 4.92 Å². The second-order valence-corrected chi connectivity index (χ2v) is 3.30. The van der Waals surface area contributed by atoms with Gasteiger partial charge >= 0.3 is 0 Å². The van der Waals surface area contributed by atoms with Crippen molar-refractivity contribution >= 4 is 5.69 Å². The van der Waals surface area contributed by atoms with Gasteiger partial charge in [0.15, 0.2) is 0 Å². The van der Waals surface area contributed by atoms with Crippen LogP contribution in [0.2, 0.25) is 0 Å². The van der Waals surface area contributed by atoms with Gasteiger partial charge in [-0.25, -0.2) is 0 Å². The highest BCUT2D eigenvalue weighted by molar-refractivity contribution is 5.32. The lowest BCUT2D eigenvalue weighted by Crippen LogP contribution is -2.19. The lowest BCUT2D eigenvalue weighted by atomic mass is 10.2. The average Bonchev–Trinajstić information content (AvgIpc) is 2.29. The van der Waals surface area contributed by atoms with Crippen LogP contribution in [-0.4, -0.2) is 24.7 Å². The molecule has 16 heavy (non-hydrogen) atoms. The van der Waals surface area contributed by atoms with Crippen molar-refractivity contribution in [3.63, 3.8) is 0 Å². The molecule has 0 aromatic heterocycles. The number of hydrogen-bond acceptors (Lipinski definition) is 4. The van der Waals surface area contributed by atoms with Gasteiger partial charge in [0.1, 0.15) is 0 Å². The van der Waals surface area contributed by atoms with Crippen LogP contribution in [0.5, 0.6) is 0 Å². The predicted octanol–water partition coefficient (Wildman–Crippen LogP) is 1.72. The molecular formula is C11H16N2O3. The Morgan fingerprint density at radius 1 is 1.38 bits per heavy atom. The number of ether oxygens (including phenoxy) is 1. The Hall–Kier alpha value is -1.46. The van der Waals surface area contributed by atoms with Gasteiger partial charge in [0, 0.05) is 31.8 Å². The van der Waals surface area contributed by atoms with Crippen LogP contribution < -0.4 is 5.32 Å². The van der Waals surface area contributed by atoms with Crippen molar-refractivity contribution in [3.8, 4) is 0 Å². The van der Waals surface area contributed by atoms with Gasteiger partial charge in [0.05, 0.1) is 11.5 Å². The first-order valence-corrected chi connectivity index (χ1v) is 5.26. The van der Waals surface area contributed by atoms with E-state index in [9.17, 15) is 10.1 Å². The van der Waals surface area contributed by atoms with Crippen LogP contribution >= 0.6 is 0 Å². The quantitative estimate of drug-likeness (QED) is 0.435. The lowest BCUT2D eigenvalue weighted by Gasteiger charge is -2.04. The van der Waals surface area contributed by atoms with Crippen LogP contribution in [0.3, 0.4) is 0 Å². The maximum absolute atomic E-state index is 10.4. The van der Waals surface area contributed by atoms with E-state index >= 15 is 0 Å². The Labute approximate surface area is 94.6 Å².